The third kappa shape index (κ3) is 2.67. The first-order chi connectivity index (χ1) is 9.74. The molecule has 1 aromatic heterocycles. The zero-order valence-electron chi connectivity index (χ0n) is 11.1. The largest absolute Gasteiger partial charge is 0.368 e. The van der Waals surface area contributed by atoms with Gasteiger partial charge in [0.25, 0.3) is 0 Å². The van der Waals surface area contributed by atoms with Crippen molar-refractivity contribution in [2.75, 3.05) is 13.2 Å². The number of fused-ring (bicyclic) bond motifs is 1. The topological polar surface area (TPSA) is 54.1 Å². The Balaban J connectivity index is 1.58. The van der Waals surface area contributed by atoms with Crippen LogP contribution in [-0.2, 0) is 16.0 Å². The van der Waals surface area contributed by atoms with E-state index in [1.54, 1.807) is 6.07 Å². The lowest BCUT2D eigenvalue weighted by Gasteiger charge is -2.09. The highest BCUT2D eigenvalue weighted by molar-refractivity contribution is 5.83. The molecule has 1 fully saturated rings. The van der Waals surface area contributed by atoms with E-state index in [2.05, 4.69) is 10.3 Å². The minimum Gasteiger partial charge on any atom is -0.368 e. The average molecular weight is 276 g/mol. The number of rotatable bonds is 4. The Morgan fingerprint density at radius 3 is 3.20 bits per heavy atom. The van der Waals surface area contributed by atoms with Gasteiger partial charge >= 0.3 is 0 Å². The summed E-state index contributed by atoms with van der Waals surface area (Å²) >= 11 is 0. The summed E-state index contributed by atoms with van der Waals surface area (Å²) in [7, 11) is 0. The van der Waals surface area contributed by atoms with E-state index in [0.717, 1.165) is 29.3 Å². The molecule has 1 atom stereocenters. The lowest BCUT2D eigenvalue weighted by atomic mass is 10.1. The van der Waals surface area contributed by atoms with Gasteiger partial charge < -0.3 is 15.0 Å². The summed E-state index contributed by atoms with van der Waals surface area (Å²) in [5, 5.41) is 3.88. The standard InChI is InChI=1S/C15H17FN2O2/c16-11-3-4-12-10(9-18-13(12)8-11)5-6-17-15(19)14-2-1-7-20-14/h3-4,8-9,14,18H,1-2,5-7H2,(H,17,19)/t14-/m0/s1. The molecular formula is C15H17FN2O2. The summed E-state index contributed by atoms with van der Waals surface area (Å²) in [5.41, 5.74) is 1.86. The number of carbonyl (C=O) groups is 1. The first-order valence-corrected chi connectivity index (χ1v) is 6.89. The molecule has 106 valence electrons. The van der Waals surface area contributed by atoms with Crippen molar-refractivity contribution in [3.8, 4) is 0 Å². The molecule has 2 heterocycles. The van der Waals surface area contributed by atoms with Crippen LogP contribution >= 0.6 is 0 Å². The maximum absolute atomic E-state index is 13.1. The second-order valence-electron chi connectivity index (χ2n) is 5.05. The van der Waals surface area contributed by atoms with Crippen molar-refractivity contribution in [3.63, 3.8) is 0 Å². The Morgan fingerprint density at radius 1 is 1.50 bits per heavy atom. The van der Waals surface area contributed by atoms with Gasteiger partial charge in [-0.1, -0.05) is 0 Å². The van der Waals surface area contributed by atoms with Gasteiger partial charge in [-0.2, -0.15) is 0 Å². The van der Waals surface area contributed by atoms with E-state index in [9.17, 15) is 9.18 Å². The molecule has 3 rings (SSSR count). The van der Waals surface area contributed by atoms with Crippen molar-refractivity contribution in [1.29, 1.82) is 0 Å². The molecule has 0 unspecified atom stereocenters. The first kappa shape index (κ1) is 13.1. The van der Waals surface area contributed by atoms with Gasteiger partial charge in [0.2, 0.25) is 5.91 Å². The smallest absolute Gasteiger partial charge is 0.249 e. The predicted octanol–water partition coefficient (Wildman–Crippen LogP) is 2.14. The Labute approximate surface area is 116 Å². The summed E-state index contributed by atoms with van der Waals surface area (Å²) in [6.07, 6.45) is 4.04. The second-order valence-corrected chi connectivity index (χ2v) is 5.05. The molecule has 0 aliphatic carbocycles. The van der Waals surface area contributed by atoms with Crippen LogP contribution in [0.15, 0.2) is 24.4 Å². The van der Waals surface area contributed by atoms with Gasteiger partial charge in [0, 0.05) is 30.3 Å². The lowest BCUT2D eigenvalue weighted by molar-refractivity contribution is -0.129. The number of carbonyl (C=O) groups excluding carboxylic acids is 1. The van der Waals surface area contributed by atoms with Crippen LogP contribution < -0.4 is 5.32 Å². The van der Waals surface area contributed by atoms with Gasteiger partial charge in [-0.3, -0.25) is 4.79 Å². The van der Waals surface area contributed by atoms with Crippen molar-refractivity contribution in [1.82, 2.24) is 10.3 Å². The lowest BCUT2D eigenvalue weighted by Crippen LogP contribution is -2.35. The van der Waals surface area contributed by atoms with Gasteiger partial charge in [-0.25, -0.2) is 4.39 Å². The van der Waals surface area contributed by atoms with E-state index in [1.807, 2.05) is 6.20 Å². The van der Waals surface area contributed by atoms with Crippen LogP contribution in [0.4, 0.5) is 4.39 Å². The van der Waals surface area contributed by atoms with Crippen molar-refractivity contribution in [3.05, 3.63) is 35.8 Å². The SMILES string of the molecule is O=C(NCCc1c[nH]c2cc(F)ccc12)[C@@H]1CCCO1. The molecule has 1 amide bonds. The van der Waals surface area contributed by atoms with E-state index in [4.69, 9.17) is 4.74 Å². The number of halogens is 1. The van der Waals surface area contributed by atoms with Gasteiger partial charge in [-0.15, -0.1) is 0 Å². The fraction of sp³-hybridized carbons (Fsp3) is 0.400. The normalized spacial score (nSPS) is 18.6. The Bertz CT molecular complexity index is 617. The zero-order chi connectivity index (χ0) is 13.9. The van der Waals surface area contributed by atoms with E-state index in [-0.39, 0.29) is 17.8 Å². The first-order valence-electron chi connectivity index (χ1n) is 6.89. The zero-order valence-corrected chi connectivity index (χ0v) is 11.1. The number of nitrogens with one attached hydrogen (secondary N) is 2. The van der Waals surface area contributed by atoms with E-state index in [1.165, 1.54) is 12.1 Å². The van der Waals surface area contributed by atoms with E-state index in [0.29, 0.717) is 19.6 Å². The van der Waals surface area contributed by atoms with Crippen LogP contribution in [0.5, 0.6) is 0 Å². The molecule has 0 bridgehead atoms. The second kappa shape index (κ2) is 5.63. The van der Waals surface area contributed by atoms with Crippen molar-refractivity contribution < 1.29 is 13.9 Å². The Hall–Kier alpha value is -1.88. The summed E-state index contributed by atoms with van der Waals surface area (Å²) in [5.74, 6) is -0.286. The average Bonchev–Trinajstić information content (AvgIpc) is 3.08. The van der Waals surface area contributed by atoms with Gasteiger partial charge in [-0.05, 0) is 43.0 Å². The number of amides is 1. The number of H-pyrrole nitrogens is 1. The van der Waals surface area contributed by atoms with Gasteiger partial charge in [0.05, 0.1) is 0 Å². The molecule has 5 heteroatoms. The van der Waals surface area contributed by atoms with Crippen LogP contribution in [0, 0.1) is 5.82 Å². The number of aromatic nitrogens is 1. The highest BCUT2D eigenvalue weighted by Crippen LogP contribution is 2.19. The molecule has 1 saturated heterocycles. The molecule has 1 aliphatic heterocycles. The van der Waals surface area contributed by atoms with Crippen molar-refractivity contribution in [2.45, 2.75) is 25.4 Å². The highest BCUT2D eigenvalue weighted by Gasteiger charge is 2.22. The highest BCUT2D eigenvalue weighted by atomic mass is 19.1. The summed E-state index contributed by atoms with van der Waals surface area (Å²) in [6, 6.07) is 4.69. The fourth-order valence-corrected chi connectivity index (χ4v) is 2.58. The van der Waals surface area contributed by atoms with Crippen LogP contribution in [0.2, 0.25) is 0 Å². The van der Waals surface area contributed by atoms with Gasteiger partial charge in [0.1, 0.15) is 11.9 Å². The monoisotopic (exact) mass is 276 g/mol. The Kier molecular flexibility index (Phi) is 3.69. The van der Waals surface area contributed by atoms with Crippen molar-refractivity contribution >= 4 is 16.8 Å². The quantitative estimate of drug-likeness (QED) is 0.899. The Morgan fingerprint density at radius 2 is 2.40 bits per heavy atom. The fourth-order valence-electron chi connectivity index (χ4n) is 2.58. The number of hydrogen-bond donors (Lipinski definition) is 2. The molecule has 0 saturated carbocycles. The molecule has 1 aliphatic rings. The molecule has 2 N–H and O–H groups in total. The number of hydrogen-bond acceptors (Lipinski definition) is 2. The van der Waals surface area contributed by atoms with Gasteiger partial charge in [0.15, 0.2) is 0 Å². The number of ether oxygens (including phenoxy) is 1. The maximum atomic E-state index is 13.1. The molecule has 2 aromatic rings. The third-order valence-corrected chi connectivity index (χ3v) is 3.65. The number of benzene rings is 1. The van der Waals surface area contributed by atoms with Crippen LogP contribution in [0.25, 0.3) is 10.9 Å². The molecule has 20 heavy (non-hydrogen) atoms. The van der Waals surface area contributed by atoms with Crippen molar-refractivity contribution in [2.24, 2.45) is 0 Å². The maximum Gasteiger partial charge on any atom is 0.249 e. The summed E-state index contributed by atoms with van der Waals surface area (Å²) in [4.78, 5) is 14.8. The molecule has 0 spiro atoms. The van der Waals surface area contributed by atoms with Crippen LogP contribution in [0.1, 0.15) is 18.4 Å². The molecule has 4 nitrogen and oxygen atoms in total. The minimum absolute atomic E-state index is 0.0339. The van der Waals surface area contributed by atoms with E-state index >= 15 is 0 Å². The van der Waals surface area contributed by atoms with E-state index < -0.39 is 0 Å². The molecule has 0 radical (unpaired) electrons. The molecular weight excluding hydrogens is 259 g/mol. The van der Waals surface area contributed by atoms with Crippen LogP contribution in [0.3, 0.4) is 0 Å². The third-order valence-electron chi connectivity index (χ3n) is 3.65. The number of aromatic amines is 1. The predicted molar refractivity (Wildman–Crippen MR) is 73.9 cm³/mol. The summed E-state index contributed by atoms with van der Waals surface area (Å²) in [6.45, 7) is 1.23. The van der Waals surface area contributed by atoms with Crippen LogP contribution in [-0.4, -0.2) is 30.1 Å². The minimum atomic E-state index is -0.285. The molecule has 1 aromatic carbocycles. The summed E-state index contributed by atoms with van der Waals surface area (Å²) < 4.78 is 18.4.